The summed E-state index contributed by atoms with van der Waals surface area (Å²) < 4.78 is 76.8. The number of aliphatic hydroxyl groups excluding tert-OH is 9. The van der Waals surface area contributed by atoms with E-state index >= 15 is 0 Å². The summed E-state index contributed by atoms with van der Waals surface area (Å²) in [5.74, 6) is -8.15. The first-order valence-corrected chi connectivity index (χ1v) is 39.8. The van der Waals surface area contributed by atoms with Gasteiger partial charge in [-0.15, -0.1) is 0 Å². The number of hydrogen-bond donors (Lipinski definition) is 15. The summed E-state index contributed by atoms with van der Waals surface area (Å²) in [6.07, 6.45) is -26.0. The number of aromatic nitrogens is 4. The maximum Gasteiger partial charge on any atom is 0.356 e. The molecule has 45 heteroatoms. The number of rotatable bonds is 37. The number of ether oxygens (including phenoxy) is 13. The van der Waals surface area contributed by atoms with E-state index in [2.05, 4.69) is 13.8 Å². The van der Waals surface area contributed by atoms with Crippen LogP contribution in [0.15, 0.2) is 55.2 Å². The lowest BCUT2D eigenvalue weighted by molar-refractivity contribution is -0.297. The number of nitrogens with one attached hydrogen (secondary N) is 2. The average molecular weight is 1720 g/mol. The Morgan fingerprint density at radius 1 is 0.542 bits per heavy atom. The Kier molecular flexibility index (Phi) is 35.9. The van der Waals surface area contributed by atoms with Crippen LogP contribution in [0.5, 0.6) is 0 Å². The van der Waals surface area contributed by atoms with Gasteiger partial charge in [-0.2, -0.15) is 0 Å². The number of H-pyrrole nitrogens is 2. The largest absolute Gasteiger partial charge is 0.508 e. The lowest BCUT2D eigenvalue weighted by Gasteiger charge is -2.43. The van der Waals surface area contributed by atoms with E-state index in [-0.39, 0.29) is 32.4 Å². The minimum absolute atomic E-state index is 0.216. The summed E-state index contributed by atoms with van der Waals surface area (Å²) in [6.45, 7) is 6.31. The van der Waals surface area contributed by atoms with E-state index in [1.165, 1.54) is 58.1 Å². The van der Waals surface area contributed by atoms with E-state index < -0.39 is 273 Å². The predicted molar refractivity (Wildman–Crippen MR) is 407 cm³/mol. The van der Waals surface area contributed by atoms with Crippen LogP contribution in [-0.4, -0.2) is 371 Å². The molecule has 17 N–H and O–H groups in total. The van der Waals surface area contributed by atoms with Crippen LogP contribution >= 0.6 is 0 Å². The molecule has 9 heterocycles. The van der Waals surface area contributed by atoms with E-state index in [0.717, 1.165) is 91.2 Å². The second-order valence-electron chi connectivity index (χ2n) is 31.6. The summed E-state index contributed by atoms with van der Waals surface area (Å²) in [5, 5.41) is 118. The number of carbonyl (C=O) groups is 7. The number of amides is 2. The van der Waals surface area contributed by atoms with Crippen molar-refractivity contribution in [3.8, 4) is 0 Å². The van der Waals surface area contributed by atoms with Crippen molar-refractivity contribution in [3.05, 3.63) is 77.7 Å². The first-order valence-electron chi connectivity index (χ1n) is 39.8. The minimum Gasteiger partial charge on any atom is -0.508 e. The molecule has 0 aliphatic carbocycles. The first kappa shape index (κ1) is 97.8. The van der Waals surface area contributed by atoms with Crippen LogP contribution in [0, 0.1) is 11.8 Å². The molecule has 0 saturated carbocycles. The van der Waals surface area contributed by atoms with Gasteiger partial charge in [0.15, 0.2) is 36.8 Å². The number of carboxylic acid groups (broad SMARTS) is 2. The molecule has 2 aromatic rings. The molecule has 0 spiro atoms. The van der Waals surface area contributed by atoms with Crippen LogP contribution in [-0.2, 0) is 95.1 Å². The van der Waals surface area contributed by atoms with Crippen molar-refractivity contribution < 1.29 is 151 Å². The molecule has 6 fully saturated rings. The first-order chi connectivity index (χ1) is 56.7. The Labute approximate surface area is 688 Å². The lowest BCUT2D eigenvalue weighted by atomic mass is 9.97. The fourth-order valence-electron chi connectivity index (χ4n) is 16.1. The number of carboxylic acids is 2. The Morgan fingerprint density at radius 3 is 1.44 bits per heavy atom. The summed E-state index contributed by atoms with van der Waals surface area (Å²) >= 11 is 0. The normalized spacial score (nSPS) is 33.6. The molecule has 2 aromatic heterocycles. The van der Waals surface area contributed by atoms with Crippen molar-refractivity contribution in [1.29, 1.82) is 0 Å². The van der Waals surface area contributed by atoms with Gasteiger partial charge in [0, 0.05) is 92.4 Å². The number of likely N-dealkylation sites (N-methyl/N-ethyl adjacent to an activating group) is 4. The number of nitrogens with zero attached hydrogens (tertiary/aromatic N) is 6. The molecule has 7 aliphatic rings. The molecule has 45 nitrogen and oxygen atoms in total. The molecule has 7 aliphatic heterocycles. The van der Waals surface area contributed by atoms with E-state index in [0.29, 0.717) is 17.2 Å². The molecule has 0 bridgehead atoms. The number of aromatic amines is 2. The number of nitrogens with two attached hydrogens (primary N) is 2. The van der Waals surface area contributed by atoms with E-state index in [9.17, 15) is 109 Å². The number of aliphatic hydroxyl groups is 9. The van der Waals surface area contributed by atoms with Gasteiger partial charge in [0.05, 0.1) is 19.1 Å². The van der Waals surface area contributed by atoms with Crippen molar-refractivity contribution >= 4 is 41.7 Å². The number of unbranched alkanes of at least 4 members (excludes halogenated alkanes) is 7. The zero-order valence-corrected chi connectivity index (χ0v) is 68.7. The molecule has 6 saturated heterocycles. The summed E-state index contributed by atoms with van der Waals surface area (Å²) in [6, 6.07) is -3.18. The number of esters is 3. The van der Waals surface area contributed by atoms with Gasteiger partial charge >= 0.3 is 41.2 Å². The summed E-state index contributed by atoms with van der Waals surface area (Å²) in [7, 11) is 9.30. The van der Waals surface area contributed by atoms with Gasteiger partial charge in [-0.05, 0) is 45.7 Å². The zero-order valence-electron chi connectivity index (χ0n) is 68.7. The van der Waals surface area contributed by atoms with E-state index in [1.54, 1.807) is 13.8 Å². The second kappa shape index (κ2) is 44.1. The fourth-order valence-corrected chi connectivity index (χ4v) is 16.1. The van der Waals surface area contributed by atoms with Gasteiger partial charge in [-0.1, -0.05) is 72.1 Å². The summed E-state index contributed by atoms with van der Waals surface area (Å²) in [4.78, 5) is 151. The molecular formula is C75H118N10O35. The number of carbonyl (C=O) groups excluding carboxylic acids is 5. The van der Waals surface area contributed by atoms with E-state index in [1.807, 2.05) is 9.97 Å². The maximum atomic E-state index is 14.7. The maximum absolute atomic E-state index is 14.7. The molecule has 29 atom stereocenters. The standard InChI is InChI=1S/C53H87N5O22.C22H31N5O13/c1-27(2)18-16-14-12-10-11-13-15-17-19-30(75-34(60)22-28(3)23-35(61)78-52-47(73-9)46(72-8)43(71-7)29(4)74-52)24-36(62)76-32-26-56(5)38(48(67)57(6)37(32)50(68)69)44(80-51-42(66)39(63)31(25-54)77-51)45-40(64)41(65)49(79-45)58-21-20-33(59)55-53(58)70;1-25-6-7(28)10(20(35)36)26(2)18(34)11(25)16(40-21-15(33)12(30)8(5-23)38-21)17-13(31)14(32)19(39-17)27-4-3-9(29)24-22(27)37/h20-21,27-32,37-47,49,51-52,63-66H,10-19,22-26,54H2,1-9H3,(H,68,69)(H,55,59,70);3-4,8,11-17,19,21,28,30-33H,5-6,23H2,1-2H3,(H,35,36)(H,24,29,37)/t28?,29?,30?,31?,32-,37-,38-,39?,40?,41?,42?,43?,44-,45?,46?,47?,49?,51?,52?;8?,11-,12?,13?,14?,15?,16-,17?,19?,21?/m00/s1. The van der Waals surface area contributed by atoms with Gasteiger partial charge < -0.3 is 139 Å². The fraction of sp³-hybridized carbons (Fsp3) is 0.773. The Balaban J connectivity index is 0.000000372. The number of hydrogen-bond acceptors (Lipinski definition) is 37. The third-order valence-electron chi connectivity index (χ3n) is 22.4. The minimum atomic E-state index is -1.97. The van der Waals surface area contributed by atoms with Crippen LogP contribution in [0.1, 0.15) is 124 Å². The van der Waals surface area contributed by atoms with Crippen LogP contribution in [0.4, 0.5) is 0 Å². The monoisotopic (exact) mass is 1720 g/mol. The third-order valence-corrected chi connectivity index (χ3v) is 22.4. The van der Waals surface area contributed by atoms with Gasteiger partial charge in [0.25, 0.3) is 11.1 Å². The van der Waals surface area contributed by atoms with Crippen molar-refractivity contribution in [2.75, 3.05) is 75.7 Å². The molecule has 0 aromatic carbocycles. The van der Waals surface area contributed by atoms with Crippen molar-refractivity contribution in [2.24, 2.45) is 23.3 Å². The highest BCUT2D eigenvalue weighted by molar-refractivity contribution is 5.95. The van der Waals surface area contributed by atoms with Crippen LogP contribution in [0.2, 0.25) is 0 Å². The SMILES string of the molecule is CN1C(=O)[C@H]([C@H](OC2OC(CN)C(O)C2O)C2OC(n3ccc(=O)[nH]c3=O)C(O)C2O)N(C)CC(O)=C1C(=O)O.COC1C(C)OC(OC(=O)CC(C)CC(=O)OC(CCCCCCCCCCC(C)C)CC(=O)O[C@H]2CN(C)[C@@H]([C@H](OC3OC(CN)C(O)C3O)C3OC(n4ccc(=O)[nH]c4=O)C(O)C3O)C(=O)N(C)[C@@H]2C(=O)O)C(OC)C1OC. The van der Waals surface area contributed by atoms with Crippen LogP contribution in [0.3, 0.4) is 0 Å². The Morgan fingerprint density at radius 2 is 1.00 bits per heavy atom. The molecule has 678 valence electrons. The third kappa shape index (κ3) is 23.4. The highest BCUT2D eigenvalue weighted by Crippen LogP contribution is 2.40. The number of aliphatic carboxylic acids is 2. The highest BCUT2D eigenvalue weighted by atomic mass is 16.7. The Bertz CT molecular complexity index is 4040. The molecule has 0 radical (unpaired) electrons. The quantitative estimate of drug-likeness (QED) is 0.0170. The van der Waals surface area contributed by atoms with E-state index in [4.69, 9.17) is 73.0 Å². The summed E-state index contributed by atoms with van der Waals surface area (Å²) in [5.41, 5.74) is 7.08. The lowest BCUT2D eigenvalue weighted by Crippen LogP contribution is -2.59. The zero-order chi connectivity index (χ0) is 88.7. The van der Waals surface area contributed by atoms with Crippen LogP contribution < -0.4 is 34.0 Å². The second-order valence-corrected chi connectivity index (χ2v) is 31.6. The molecule has 9 rings (SSSR count). The molecule has 2 amide bonds. The van der Waals surface area contributed by atoms with Crippen LogP contribution in [0.25, 0.3) is 0 Å². The smallest absolute Gasteiger partial charge is 0.356 e. The Hall–Kier alpha value is -7.69. The topological polar surface area (TPSA) is 637 Å². The van der Waals surface area contributed by atoms with Gasteiger partial charge in [-0.3, -0.25) is 62.5 Å². The van der Waals surface area contributed by atoms with Crippen molar-refractivity contribution in [3.63, 3.8) is 0 Å². The number of methoxy groups -OCH3 is 3. The van der Waals surface area contributed by atoms with Gasteiger partial charge in [0.1, 0.15) is 134 Å². The molecule has 23 unspecified atom stereocenters. The van der Waals surface area contributed by atoms with Gasteiger partial charge in [0.2, 0.25) is 18.1 Å². The predicted octanol–water partition coefficient (Wildman–Crippen LogP) is -5.74. The van der Waals surface area contributed by atoms with Gasteiger partial charge in [-0.25, -0.2) is 19.2 Å². The van der Waals surface area contributed by atoms with Crippen molar-refractivity contribution in [2.45, 2.75) is 283 Å². The highest BCUT2D eigenvalue weighted by Gasteiger charge is 2.60. The molecular weight excluding hydrogens is 1600 g/mol. The molecule has 120 heavy (non-hydrogen) atoms. The average Bonchev–Trinajstić information content (AvgIpc) is 1.61. The van der Waals surface area contributed by atoms with Crippen molar-refractivity contribution in [1.82, 2.24) is 38.7 Å².